The van der Waals surface area contributed by atoms with Crippen molar-refractivity contribution in [2.75, 3.05) is 0 Å². The largest absolute Gasteiger partial charge is 0.0949 e. The SMILES string of the molecule is C=C(Cc1cccc(C)c1)c1cccc2ccccc12. The van der Waals surface area contributed by atoms with E-state index in [9.17, 15) is 0 Å². The fraction of sp³-hybridized carbons (Fsp3) is 0.100. The molecule has 20 heavy (non-hydrogen) atoms. The van der Waals surface area contributed by atoms with Gasteiger partial charge in [0, 0.05) is 0 Å². The summed E-state index contributed by atoms with van der Waals surface area (Å²) in [5, 5.41) is 2.56. The number of rotatable bonds is 3. The van der Waals surface area contributed by atoms with E-state index in [4.69, 9.17) is 0 Å². The van der Waals surface area contributed by atoms with Crippen molar-refractivity contribution in [3.05, 3.63) is 90.0 Å². The van der Waals surface area contributed by atoms with E-state index in [1.165, 1.54) is 33.0 Å². The second-order valence-corrected chi connectivity index (χ2v) is 5.30. The standard InChI is InChI=1S/C20H18/c1-15-7-5-8-17(13-15)14-16(2)19-12-6-10-18-9-3-4-11-20(18)19/h3-13H,2,14H2,1H3. The van der Waals surface area contributed by atoms with Crippen LogP contribution in [-0.4, -0.2) is 0 Å². The summed E-state index contributed by atoms with van der Waals surface area (Å²) < 4.78 is 0. The molecule has 0 atom stereocenters. The highest BCUT2D eigenvalue weighted by atomic mass is 14.1. The summed E-state index contributed by atoms with van der Waals surface area (Å²) in [6.45, 7) is 6.43. The average molecular weight is 258 g/mol. The third kappa shape index (κ3) is 2.50. The van der Waals surface area contributed by atoms with E-state index >= 15 is 0 Å². The van der Waals surface area contributed by atoms with Gasteiger partial charge in [0.2, 0.25) is 0 Å². The molecule has 0 nitrogen and oxygen atoms in total. The summed E-state index contributed by atoms with van der Waals surface area (Å²) in [5.41, 5.74) is 5.05. The average Bonchev–Trinajstić information content (AvgIpc) is 2.46. The van der Waals surface area contributed by atoms with E-state index in [1.807, 2.05) is 0 Å². The molecular formula is C20H18. The van der Waals surface area contributed by atoms with E-state index in [1.54, 1.807) is 0 Å². The molecule has 0 heteroatoms. The molecule has 0 saturated heterocycles. The van der Waals surface area contributed by atoms with Crippen LogP contribution >= 0.6 is 0 Å². The summed E-state index contributed by atoms with van der Waals surface area (Å²) in [4.78, 5) is 0. The molecule has 0 fully saturated rings. The van der Waals surface area contributed by atoms with Gasteiger partial charge in [-0.15, -0.1) is 0 Å². The molecule has 0 aliphatic heterocycles. The lowest BCUT2D eigenvalue weighted by atomic mass is 9.94. The Hall–Kier alpha value is -2.34. The molecule has 0 heterocycles. The third-order valence-corrected chi connectivity index (χ3v) is 3.67. The molecule has 3 rings (SSSR count). The Kier molecular flexibility index (Phi) is 3.39. The number of hydrogen-bond acceptors (Lipinski definition) is 0. The van der Waals surface area contributed by atoms with E-state index in [0.717, 1.165) is 6.42 Å². The van der Waals surface area contributed by atoms with Gasteiger partial charge in [0.25, 0.3) is 0 Å². The fourth-order valence-electron chi connectivity index (χ4n) is 2.70. The van der Waals surface area contributed by atoms with Gasteiger partial charge in [-0.25, -0.2) is 0 Å². The van der Waals surface area contributed by atoms with Crippen LogP contribution < -0.4 is 0 Å². The molecule has 0 aliphatic carbocycles. The van der Waals surface area contributed by atoms with Crippen LogP contribution in [0.4, 0.5) is 0 Å². The molecule has 0 aliphatic rings. The topological polar surface area (TPSA) is 0 Å². The lowest BCUT2D eigenvalue weighted by molar-refractivity contribution is 1.27. The van der Waals surface area contributed by atoms with Crippen LogP contribution in [0.2, 0.25) is 0 Å². The van der Waals surface area contributed by atoms with Gasteiger partial charge in [0.05, 0.1) is 0 Å². The summed E-state index contributed by atoms with van der Waals surface area (Å²) >= 11 is 0. The molecule has 0 radical (unpaired) electrons. The first kappa shape index (κ1) is 12.7. The van der Waals surface area contributed by atoms with Crippen LogP contribution in [0, 0.1) is 6.92 Å². The Morgan fingerprint density at radius 3 is 2.50 bits per heavy atom. The molecule has 98 valence electrons. The van der Waals surface area contributed by atoms with Crippen molar-refractivity contribution in [3.8, 4) is 0 Å². The molecule has 0 saturated carbocycles. The maximum Gasteiger partial charge on any atom is -0.00254 e. The zero-order chi connectivity index (χ0) is 13.9. The predicted octanol–water partition coefficient (Wildman–Crippen LogP) is 5.40. The van der Waals surface area contributed by atoms with E-state index < -0.39 is 0 Å². The van der Waals surface area contributed by atoms with Crippen molar-refractivity contribution >= 4 is 16.3 Å². The van der Waals surface area contributed by atoms with Gasteiger partial charge in [-0.05, 0) is 40.8 Å². The zero-order valence-electron chi connectivity index (χ0n) is 11.8. The van der Waals surface area contributed by atoms with Gasteiger partial charge in [-0.1, -0.05) is 78.9 Å². The van der Waals surface area contributed by atoms with Gasteiger partial charge < -0.3 is 0 Å². The molecule has 3 aromatic rings. The number of benzene rings is 3. The van der Waals surface area contributed by atoms with Crippen molar-refractivity contribution in [1.29, 1.82) is 0 Å². The molecule has 0 amide bonds. The Morgan fingerprint density at radius 2 is 1.65 bits per heavy atom. The van der Waals surface area contributed by atoms with Crippen LogP contribution in [0.25, 0.3) is 16.3 Å². The zero-order valence-corrected chi connectivity index (χ0v) is 11.8. The second-order valence-electron chi connectivity index (χ2n) is 5.30. The van der Waals surface area contributed by atoms with Crippen molar-refractivity contribution in [2.45, 2.75) is 13.3 Å². The van der Waals surface area contributed by atoms with Crippen molar-refractivity contribution in [1.82, 2.24) is 0 Å². The maximum absolute atomic E-state index is 4.30. The fourth-order valence-corrected chi connectivity index (χ4v) is 2.70. The van der Waals surface area contributed by atoms with Crippen molar-refractivity contribution < 1.29 is 0 Å². The Labute approximate surface area is 120 Å². The summed E-state index contributed by atoms with van der Waals surface area (Å²) in [5.74, 6) is 0. The first-order valence-corrected chi connectivity index (χ1v) is 6.95. The minimum Gasteiger partial charge on any atom is -0.0949 e. The number of hydrogen-bond donors (Lipinski definition) is 0. The number of fused-ring (bicyclic) bond motifs is 1. The first-order chi connectivity index (χ1) is 9.74. The minimum atomic E-state index is 0.898. The Bertz CT molecular complexity index is 760. The monoisotopic (exact) mass is 258 g/mol. The van der Waals surface area contributed by atoms with Crippen LogP contribution in [0.1, 0.15) is 16.7 Å². The lowest BCUT2D eigenvalue weighted by Crippen LogP contribution is -1.91. The molecule has 0 aromatic heterocycles. The van der Waals surface area contributed by atoms with Crippen LogP contribution in [0.3, 0.4) is 0 Å². The Balaban J connectivity index is 1.97. The molecule has 0 N–H and O–H groups in total. The third-order valence-electron chi connectivity index (χ3n) is 3.67. The van der Waals surface area contributed by atoms with Gasteiger partial charge in [-0.3, -0.25) is 0 Å². The molecule has 0 bridgehead atoms. The van der Waals surface area contributed by atoms with E-state index in [2.05, 4.69) is 80.2 Å². The lowest BCUT2D eigenvalue weighted by Gasteiger charge is -2.10. The summed E-state index contributed by atoms with van der Waals surface area (Å²) in [7, 11) is 0. The highest BCUT2D eigenvalue weighted by Gasteiger charge is 2.05. The van der Waals surface area contributed by atoms with Gasteiger partial charge in [-0.2, -0.15) is 0 Å². The first-order valence-electron chi connectivity index (χ1n) is 6.95. The molecule has 0 spiro atoms. The Morgan fingerprint density at radius 1 is 0.900 bits per heavy atom. The second kappa shape index (κ2) is 5.34. The number of aryl methyl sites for hydroxylation is 1. The van der Waals surface area contributed by atoms with Crippen molar-refractivity contribution in [2.24, 2.45) is 0 Å². The predicted molar refractivity (Wildman–Crippen MR) is 87.9 cm³/mol. The normalized spacial score (nSPS) is 10.7. The van der Waals surface area contributed by atoms with Crippen LogP contribution in [0.5, 0.6) is 0 Å². The quantitative estimate of drug-likeness (QED) is 0.589. The molecule has 3 aromatic carbocycles. The van der Waals surface area contributed by atoms with E-state index in [0.29, 0.717) is 0 Å². The molecule has 0 unspecified atom stereocenters. The van der Waals surface area contributed by atoms with Crippen LogP contribution in [0.15, 0.2) is 73.3 Å². The van der Waals surface area contributed by atoms with Gasteiger partial charge in [0.1, 0.15) is 0 Å². The minimum absolute atomic E-state index is 0.898. The summed E-state index contributed by atoms with van der Waals surface area (Å²) in [6, 6.07) is 23.6. The van der Waals surface area contributed by atoms with Gasteiger partial charge in [0.15, 0.2) is 0 Å². The maximum atomic E-state index is 4.30. The van der Waals surface area contributed by atoms with Crippen LogP contribution in [-0.2, 0) is 6.42 Å². The van der Waals surface area contributed by atoms with E-state index in [-0.39, 0.29) is 0 Å². The molecular weight excluding hydrogens is 240 g/mol. The summed E-state index contributed by atoms with van der Waals surface area (Å²) in [6.07, 6.45) is 0.898. The van der Waals surface area contributed by atoms with Crippen molar-refractivity contribution in [3.63, 3.8) is 0 Å². The van der Waals surface area contributed by atoms with Gasteiger partial charge >= 0.3 is 0 Å². The number of allylic oxidation sites excluding steroid dienone is 1. The highest BCUT2D eigenvalue weighted by Crippen LogP contribution is 2.26. The highest BCUT2D eigenvalue weighted by molar-refractivity contribution is 5.93. The smallest absolute Gasteiger partial charge is 0.00254 e.